The summed E-state index contributed by atoms with van der Waals surface area (Å²) in [4.78, 5) is 14.1. The molecule has 0 spiro atoms. The van der Waals surface area contributed by atoms with Gasteiger partial charge in [0.1, 0.15) is 11.8 Å². The van der Waals surface area contributed by atoms with E-state index < -0.39 is 22.0 Å². The average Bonchev–Trinajstić information content (AvgIpc) is 3.34. The summed E-state index contributed by atoms with van der Waals surface area (Å²) in [5.74, 6) is -0.562. The fourth-order valence-electron chi connectivity index (χ4n) is 5.05. The fourth-order valence-corrected chi connectivity index (χ4v) is 6.06. The smallest absolute Gasteiger partial charge is 0.327 e. The number of hydrogen-bond donors (Lipinski definition) is 5. The van der Waals surface area contributed by atoms with E-state index in [2.05, 4.69) is 27.2 Å². The lowest BCUT2D eigenvalue weighted by Crippen LogP contribution is -2.49. The molecule has 0 saturated heterocycles. The molecule has 0 aliphatic rings. The summed E-state index contributed by atoms with van der Waals surface area (Å²) < 4.78 is 34.6. The number of carboxylic acids is 1. The minimum atomic E-state index is -3.57. The molecule has 0 aliphatic heterocycles. The van der Waals surface area contributed by atoms with Crippen LogP contribution in [-0.2, 0) is 14.8 Å². The van der Waals surface area contributed by atoms with Gasteiger partial charge in [0.05, 0.1) is 11.9 Å². The Balaban J connectivity index is 1.64. The van der Waals surface area contributed by atoms with Crippen LogP contribution in [0.4, 0.5) is 11.4 Å². The number of anilines is 2. The zero-order valence-corrected chi connectivity index (χ0v) is 28.5. The van der Waals surface area contributed by atoms with Crippen LogP contribution in [0.1, 0.15) is 71.1 Å². The average molecular weight is 679 g/mol. The van der Waals surface area contributed by atoms with Crippen molar-refractivity contribution in [1.82, 2.24) is 19.5 Å². The Bertz CT molecular complexity index is 1540. The van der Waals surface area contributed by atoms with E-state index in [0.717, 1.165) is 43.3 Å². The number of aliphatic carboxylic acids is 1. The van der Waals surface area contributed by atoms with E-state index in [9.17, 15) is 18.3 Å². The highest BCUT2D eigenvalue weighted by atomic mass is 32.2. The van der Waals surface area contributed by atoms with E-state index in [0.29, 0.717) is 27.5 Å². The van der Waals surface area contributed by atoms with E-state index in [-0.39, 0.29) is 13.3 Å². The first-order chi connectivity index (χ1) is 21.6. The van der Waals surface area contributed by atoms with E-state index in [4.69, 9.17) is 29.2 Å². The Labute approximate surface area is 276 Å². The Morgan fingerprint density at radius 3 is 2.20 bits per heavy atom. The number of unbranched alkanes of at least 4 members (excludes halogenated alkanes) is 9. The summed E-state index contributed by atoms with van der Waals surface area (Å²) in [6.07, 6.45) is 12.6. The van der Waals surface area contributed by atoms with E-state index in [1.807, 2.05) is 30.3 Å². The lowest BCUT2D eigenvalue weighted by atomic mass is 10.1. The molecule has 0 bridgehead atoms. The molecule has 1 atom stereocenters. The number of nitrogens with one attached hydrogen (secondary N) is 4. The third-order valence-electron chi connectivity index (χ3n) is 7.40. The van der Waals surface area contributed by atoms with Crippen molar-refractivity contribution in [1.29, 1.82) is 0 Å². The highest BCUT2D eigenvalue weighted by Crippen LogP contribution is 2.25. The van der Waals surface area contributed by atoms with E-state index in [1.165, 1.54) is 38.5 Å². The molecular formula is C31H46N6O5S3. The van der Waals surface area contributed by atoms with Crippen molar-refractivity contribution in [2.45, 2.75) is 77.2 Å². The molecule has 45 heavy (non-hydrogen) atoms. The third kappa shape index (κ3) is 12.6. The highest BCUT2D eigenvalue weighted by molar-refractivity contribution is 7.88. The van der Waals surface area contributed by atoms with Crippen molar-refractivity contribution in [3.8, 4) is 11.4 Å². The number of aromatic nitrogens is 3. The molecule has 0 radical (unpaired) electrons. The summed E-state index contributed by atoms with van der Waals surface area (Å²) in [5, 5.41) is 19.0. The van der Waals surface area contributed by atoms with Crippen LogP contribution in [-0.4, -0.2) is 66.4 Å². The van der Waals surface area contributed by atoms with Crippen LogP contribution >= 0.6 is 24.4 Å². The number of rotatable bonds is 22. The van der Waals surface area contributed by atoms with Gasteiger partial charge in [-0.25, -0.2) is 17.9 Å². The van der Waals surface area contributed by atoms with Crippen LogP contribution in [0.5, 0.6) is 5.75 Å². The van der Waals surface area contributed by atoms with Gasteiger partial charge in [-0.05, 0) is 61.2 Å². The van der Waals surface area contributed by atoms with Gasteiger partial charge in [0.2, 0.25) is 10.0 Å². The molecule has 5 N–H and O–H groups in total. The van der Waals surface area contributed by atoms with Crippen molar-refractivity contribution in [2.75, 3.05) is 36.3 Å². The second-order valence-electron chi connectivity index (χ2n) is 11.1. The van der Waals surface area contributed by atoms with Gasteiger partial charge in [0.15, 0.2) is 16.3 Å². The highest BCUT2D eigenvalue weighted by Gasteiger charge is 2.27. The molecule has 3 aromatic rings. The van der Waals surface area contributed by atoms with Crippen LogP contribution in [0.2, 0.25) is 0 Å². The molecule has 1 heterocycles. The van der Waals surface area contributed by atoms with Gasteiger partial charge < -0.3 is 20.1 Å². The second-order valence-corrected chi connectivity index (χ2v) is 13.7. The van der Waals surface area contributed by atoms with Crippen LogP contribution in [0.15, 0.2) is 48.5 Å². The Hall–Kier alpha value is -3.20. The number of ether oxygens (including phenoxy) is 1. The van der Waals surface area contributed by atoms with Gasteiger partial charge in [-0.1, -0.05) is 76.8 Å². The van der Waals surface area contributed by atoms with Crippen LogP contribution in [0, 0.1) is 9.54 Å². The first kappa shape index (κ1) is 36.3. The second kappa shape index (κ2) is 18.7. The van der Waals surface area contributed by atoms with Crippen molar-refractivity contribution in [3.63, 3.8) is 0 Å². The number of aromatic amines is 2. The van der Waals surface area contributed by atoms with Gasteiger partial charge in [-0.15, -0.1) is 0 Å². The van der Waals surface area contributed by atoms with Crippen molar-refractivity contribution in [3.05, 3.63) is 58.1 Å². The number of H-pyrrole nitrogens is 2. The molecule has 0 fully saturated rings. The molecule has 2 aromatic carbocycles. The maximum atomic E-state index is 12.3. The SMILES string of the molecule is CCCCCCCCCCCCN(c1cccc(OCNc2cccc(-n3c(=S)[nH][nH]c3=S)c2)c1)C(CNS(C)(=O)=O)C(=O)O. The Kier molecular flexibility index (Phi) is 15.1. The van der Waals surface area contributed by atoms with E-state index in [1.54, 1.807) is 27.7 Å². The molecular weight excluding hydrogens is 633 g/mol. The Morgan fingerprint density at radius 1 is 0.956 bits per heavy atom. The molecule has 0 amide bonds. The third-order valence-corrected chi connectivity index (χ3v) is 8.66. The minimum absolute atomic E-state index is 0.148. The zero-order chi connectivity index (χ0) is 32.7. The molecule has 11 nitrogen and oxygen atoms in total. The van der Waals surface area contributed by atoms with Crippen LogP contribution in [0.3, 0.4) is 0 Å². The minimum Gasteiger partial charge on any atom is -0.480 e. The maximum absolute atomic E-state index is 12.3. The van der Waals surface area contributed by atoms with E-state index >= 15 is 0 Å². The molecule has 248 valence electrons. The molecule has 0 aliphatic carbocycles. The first-order valence-electron chi connectivity index (χ1n) is 15.5. The number of carbonyl (C=O) groups is 1. The molecule has 1 aromatic heterocycles. The predicted molar refractivity (Wildman–Crippen MR) is 185 cm³/mol. The standard InChI is InChI=1S/C31H46N6O5S3/c1-3-4-5-6-7-8-9-10-11-12-19-36(28(29(38)39)22-33-45(2,40)41)25-16-14-18-27(21-25)42-23-32-24-15-13-17-26(20-24)37-30(43)34-35-31(37)44/h13-18,20-21,28,32-33H,3-12,19,22-23H2,1-2H3,(H,34,43)(H,35,44)(H,38,39). The number of nitrogens with zero attached hydrogens (tertiary/aromatic N) is 2. The zero-order valence-electron chi connectivity index (χ0n) is 26.1. The topological polar surface area (TPSA) is 144 Å². The first-order valence-corrected chi connectivity index (χ1v) is 18.2. The van der Waals surface area contributed by atoms with Gasteiger partial charge >= 0.3 is 5.97 Å². The quantitative estimate of drug-likeness (QED) is 0.0442. The summed E-state index contributed by atoms with van der Waals surface area (Å²) in [6.45, 7) is 2.59. The van der Waals surface area contributed by atoms with Crippen LogP contribution < -0.4 is 19.7 Å². The lowest BCUT2D eigenvalue weighted by Gasteiger charge is -2.31. The molecule has 1 unspecified atom stereocenters. The van der Waals surface area contributed by atoms with Crippen molar-refractivity contribution >= 4 is 51.8 Å². The number of benzene rings is 2. The molecule has 14 heteroatoms. The normalized spacial score (nSPS) is 12.1. The summed E-state index contributed by atoms with van der Waals surface area (Å²) in [5.41, 5.74) is 2.23. The van der Waals surface area contributed by atoms with Gasteiger partial charge in [-0.2, -0.15) is 0 Å². The predicted octanol–water partition coefficient (Wildman–Crippen LogP) is 6.77. The lowest BCUT2D eigenvalue weighted by molar-refractivity contribution is -0.138. The van der Waals surface area contributed by atoms with Crippen molar-refractivity contribution in [2.24, 2.45) is 0 Å². The van der Waals surface area contributed by atoms with Gasteiger partial charge in [0, 0.05) is 30.5 Å². The number of carboxylic acid groups (broad SMARTS) is 1. The van der Waals surface area contributed by atoms with Crippen LogP contribution in [0.25, 0.3) is 5.69 Å². The summed E-state index contributed by atoms with van der Waals surface area (Å²) >= 11 is 10.6. The van der Waals surface area contributed by atoms with Gasteiger partial charge in [-0.3, -0.25) is 14.8 Å². The fraction of sp³-hybridized carbons (Fsp3) is 0.516. The number of sulfonamides is 1. The summed E-state index contributed by atoms with van der Waals surface area (Å²) in [7, 11) is -3.57. The monoisotopic (exact) mass is 678 g/mol. The largest absolute Gasteiger partial charge is 0.480 e. The molecule has 0 saturated carbocycles. The maximum Gasteiger partial charge on any atom is 0.327 e. The van der Waals surface area contributed by atoms with Gasteiger partial charge in [0.25, 0.3) is 0 Å². The molecule has 3 rings (SSSR count). The number of hydrogen-bond acceptors (Lipinski definition) is 8. The Morgan fingerprint density at radius 2 is 1.58 bits per heavy atom. The van der Waals surface area contributed by atoms with Crippen molar-refractivity contribution < 1.29 is 23.1 Å². The summed E-state index contributed by atoms with van der Waals surface area (Å²) in [6, 6.07) is 13.7.